The molecule has 0 aliphatic rings. The smallest absolute Gasteiger partial charge is 0.417 e. The Kier molecular flexibility index (Phi) is 4.47. The molecule has 0 saturated carbocycles. The molecule has 0 radical (unpaired) electrons. The number of carbonyl (C=O) groups is 1. The number of ketones is 1. The van der Waals surface area contributed by atoms with Gasteiger partial charge in [0.25, 0.3) is 0 Å². The molecule has 0 aliphatic heterocycles. The molecule has 1 rings (SSSR count). The van der Waals surface area contributed by atoms with Gasteiger partial charge in [0.2, 0.25) is 0 Å². The van der Waals surface area contributed by atoms with Crippen LogP contribution in [0.4, 0.5) is 13.2 Å². The van der Waals surface area contributed by atoms with E-state index in [-0.39, 0.29) is 0 Å². The first kappa shape index (κ1) is 16.8. The van der Waals surface area contributed by atoms with E-state index < -0.39 is 39.8 Å². The molecule has 21 heavy (non-hydrogen) atoms. The molecule has 1 N–H and O–H groups in total. The summed E-state index contributed by atoms with van der Waals surface area (Å²) in [6.45, 7) is 4.53. The van der Waals surface area contributed by atoms with Crippen LogP contribution in [0.25, 0.3) is 5.76 Å². The molecule has 0 bridgehead atoms. The third kappa shape index (κ3) is 3.63. The number of nitrogens with zero attached hydrogens (tertiary/aromatic N) is 1. The zero-order valence-electron chi connectivity index (χ0n) is 11.7. The predicted molar refractivity (Wildman–Crippen MR) is 71.1 cm³/mol. The summed E-state index contributed by atoms with van der Waals surface area (Å²) in [6, 6.07) is 5.75. The highest BCUT2D eigenvalue weighted by molar-refractivity contribution is 6.07. The van der Waals surface area contributed by atoms with Crippen LogP contribution in [-0.2, 0) is 11.0 Å². The molecular formula is C15H14F3NO2. The van der Waals surface area contributed by atoms with E-state index in [1.54, 1.807) is 0 Å². The minimum atomic E-state index is -4.70. The van der Waals surface area contributed by atoms with E-state index in [1.807, 2.05) is 0 Å². The van der Waals surface area contributed by atoms with Crippen molar-refractivity contribution >= 4 is 11.5 Å². The maximum Gasteiger partial charge on any atom is 0.417 e. The second-order valence-electron chi connectivity index (χ2n) is 5.46. The number of rotatable bonds is 2. The van der Waals surface area contributed by atoms with Crippen LogP contribution in [0.1, 0.15) is 31.9 Å². The van der Waals surface area contributed by atoms with Gasteiger partial charge in [-0.05, 0) is 6.07 Å². The fourth-order valence-electron chi connectivity index (χ4n) is 1.66. The summed E-state index contributed by atoms with van der Waals surface area (Å²) < 4.78 is 38.7. The molecule has 3 nitrogen and oxygen atoms in total. The Morgan fingerprint density at radius 3 is 2.14 bits per heavy atom. The SMILES string of the molecule is CC(C)(C)C(=O)C(C#N)=C(O)c1ccccc1C(F)(F)F. The van der Waals surface area contributed by atoms with Crippen LogP contribution in [0.3, 0.4) is 0 Å². The first-order valence-corrected chi connectivity index (χ1v) is 6.05. The fraction of sp³-hybridized carbons (Fsp3) is 0.333. The van der Waals surface area contributed by atoms with E-state index in [4.69, 9.17) is 5.26 Å². The average Bonchev–Trinajstić information content (AvgIpc) is 2.37. The van der Waals surface area contributed by atoms with Crippen molar-refractivity contribution in [1.82, 2.24) is 0 Å². The lowest BCUT2D eigenvalue weighted by Gasteiger charge is -2.18. The number of alkyl halides is 3. The third-order valence-electron chi connectivity index (χ3n) is 2.74. The van der Waals surface area contributed by atoms with Crippen molar-refractivity contribution in [3.05, 3.63) is 41.0 Å². The Balaban J connectivity index is 3.56. The molecule has 0 spiro atoms. The molecule has 0 aliphatic carbocycles. The molecule has 0 atom stereocenters. The molecule has 0 unspecified atom stereocenters. The monoisotopic (exact) mass is 297 g/mol. The normalized spacial score (nSPS) is 13.4. The van der Waals surface area contributed by atoms with Crippen molar-refractivity contribution in [2.45, 2.75) is 26.9 Å². The number of halogens is 3. The molecule has 0 heterocycles. The van der Waals surface area contributed by atoms with Gasteiger partial charge in [-0.2, -0.15) is 18.4 Å². The zero-order chi connectivity index (χ0) is 16.4. The zero-order valence-corrected chi connectivity index (χ0v) is 11.7. The highest BCUT2D eigenvalue weighted by atomic mass is 19.4. The molecule has 0 saturated heterocycles. The number of nitriles is 1. The molecule has 0 aromatic heterocycles. The van der Waals surface area contributed by atoms with Gasteiger partial charge in [0.15, 0.2) is 5.78 Å². The van der Waals surface area contributed by atoms with Gasteiger partial charge >= 0.3 is 6.18 Å². The molecule has 0 amide bonds. The van der Waals surface area contributed by atoms with E-state index in [0.29, 0.717) is 0 Å². The fourth-order valence-corrected chi connectivity index (χ4v) is 1.66. The summed E-state index contributed by atoms with van der Waals surface area (Å²) in [5.41, 5.74) is -3.36. The number of allylic oxidation sites excluding steroid dienone is 1. The Hall–Kier alpha value is -2.29. The van der Waals surface area contributed by atoms with Crippen molar-refractivity contribution in [2.24, 2.45) is 5.41 Å². The molecule has 1 aromatic rings. The van der Waals surface area contributed by atoms with Crippen LogP contribution in [-0.4, -0.2) is 10.9 Å². The molecular weight excluding hydrogens is 283 g/mol. The number of aliphatic hydroxyl groups is 1. The van der Waals surface area contributed by atoms with Crippen LogP contribution in [0.5, 0.6) is 0 Å². The highest BCUT2D eigenvalue weighted by Crippen LogP contribution is 2.35. The van der Waals surface area contributed by atoms with Crippen molar-refractivity contribution in [2.75, 3.05) is 0 Å². The van der Waals surface area contributed by atoms with Crippen LogP contribution < -0.4 is 0 Å². The van der Waals surface area contributed by atoms with E-state index in [2.05, 4.69) is 0 Å². The van der Waals surface area contributed by atoms with Crippen molar-refractivity contribution in [1.29, 1.82) is 5.26 Å². The summed E-state index contributed by atoms with van der Waals surface area (Å²) in [6.07, 6.45) is -4.70. The summed E-state index contributed by atoms with van der Waals surface area (Å²) in [7, 11) is 0. The summed E-state index contributed by atoms with van der Waals surface area (Å²) in [4.78, 5) is 12.0. The van der Waals surface area contributed by atoms with Gasteiger partial charge < -0.3 is 5.11 Å². The van der Waals surface area contributed by atoms with Gasteiger partial charge in [-0.1, -0.05) is 39.0 Å². The Bertz CT molecular complexity index is 632. The highest BCUT2D eigenvalue weighted by Gasteiger charge is 2.36. The lowest BCUT2D eigenvalue weighted by atomic mass is 9.85. The molecule has 1 aromatic carbocycles. The predicted octanol–water partition coefficient (Wildman–Crippen LogP) is 4.11. The average molecular weight is 297 g/mol. The van der Waals surface area contributed by atoms with Crippen molar-refractivity contribution in [3.63, 3.8) is 0 Å². The lowest BCUT2D eigenvalue weighted by molar-refractivity contribution is -0.138. The van der Waals surface area contributed by atoms with Gasteiger partial charge in [-0.25, -0.2) is 0 Å². The maximum absolute atomic E-state index is 12.9. The Morgan fingerprint density at radius 2 is 1.71 bits per heavy atom. The Morgan fingerprint density at radius 1 is 1.19 bits per heavy atom. The first-order valence-electron chi connectivity index (χ1n) is 6.05. The van der Waals surface area contributed by atoms with E-state index >= 15 is 0 Å². The summed E-state index contributed by atoms with van der Waals surface area (Å²) >= 11 is 0. The van der Waals surface area contributed by atoms with Gasteiger partial charge in [0, 0.05) is 11.0 Å². The number of hydrogen-bond acceptors (Lipinski definition) is 3. The van der Waals surface area contributed by atoms with Gasteiger partial charge in [0.1, 0.15) is 17.4 Å². The lowest BCUT2D eigenvalue weighted by Crippen LogP contribution is -2.23. The second kappa shape index (κ2) is 5.60. The number of aliphatic hydroxyl groups excluding tert-OH is 1. The largest absolute Gasteiger partial charge is 0.506 e. The number of benzene rings is 1. The summed E-state index contributed by atoms with van der Waals surface area (Å²) in [5, 5.41) is 19.0. The van der Waals surface area contributed by atoms with Crippen molar-refractivity contribution < 1.29 is 23.1 Å². The van der Waals surface area contributed by atoms with Gasteiger partial charge in [-0.3, -0.25) is 4.79 Å². The van der Waals surface area contributed by atoms with Crippen LogP contribution in [0.15, 0.2) is 29.8 Å². The summed E-state index contributed by atoms with van der Waals surface area (Å²) in [5.74, 6) is -1.68. The van der Waals surface area contributed by atoms with Crippen LogP contribution >= 0.6 is 0 Å². The van der Waals surface area contributed by atoms with Crippen LogP contribution in [0, 0.1) is 16.7 Å². The van der Waals surface area contributed by atoms with Crippen LogP contribution in [0.2, 0.25) is 0 Å². The maximum atomic E-state index is 12.9. The van der Waals surface area contributed by atoms with E-state index in [1.165, 1.54) is 32.9 Å². The minimum Gasteiger partial charge on any atom is -0.506 e. The first-order chi connectivity index (χ1) is 9.50. The second-order valence-corrected chi connectivity index (χ2v) is 5.46. The molecule has 112 valence electrons. The van der Waals surface area contributed by atoms with Gasteiger partial charge in [-0.15, -0.1) is 0 Å². The van der Waals surface area contributed by atoms with Gasteiger partial charge in [0.05, 0.1) is 5.56 Å². The number of Topliss-reactive ketones (excluding diaryl/α,β-unsaturated/α-hetero) is 1. The number of hydrogen-bond donors (Lipinski definition) is 1. The third-order valence-corrected chi connectivity index (χ3v) is 2.74. The molecule has 6 heteroatoms. The number of carbonyl (C=O) groups excluding carboxylic acids is 1. The minimum absolute atomic E-state index is 0.584. The topological polar surface area (TPSA) is 61.1 Å². The standard InChI is InChI=1S/C15H14F3NO2/c1-14(2,3)13(21)10(8-19)12(20)9-6-4-5-7-11(9)15(16,17)18/h4-7,20H,1-3H3. The van der Waals surface area contributed by atoms with Crippen molar-refractivity contribution in [3.8, 4) is 6.07 Å². The Labute approximate surface area is 120 Å². The quantitative estimate of drug-likeness (QED) is 0.507. The molecule has 0 fully saturated rings. The van der Waals surface area contributed by atoms with E-state index in [0.717, 1.165) is 18.2 Å². The van der Waals surface area contributed by atoms with E-state index in [9.17, 15) is 23.1 Å².